The van der Waals surface area contributed by atoms with Gasteiger partial charge in [0.15, 0.2) is 0 Å². The lowest BCUT2D eigenvalue weighted by Gasteiger charge is -2.26. The van der Waals surface area contributed by atoms with Crippen molar-refractivity contribution in [2.24, 2.45) is 16.1 Å². The molecule has 0 fully saturated rings. The normalized spacial score (nSPS) is 24.2. The molecule has 0 aliphatic carbocycles. The fraction of sp³-hybridized carbons (Fsp3) is 0.900. The Balaban J connectivity index is 0.00000144. The maximum atomic E-state index is 5.77. The molecule has 0 aromatic rings. The molecule has 0 spiro atoms. The monoisotopic (exact) mass is 204 g/mol. The minimum absolute atomic E-state index is 0. The van der Waals surface area contributed by atoms with Gasteiger partial charge < -0.3 is 5.73 Å². The molecule has 1 heterocycles. The van der Waals surface area contributed by atoms with Crippen molar-refractivity contribution < 1.29 is 0 Å². The summed E-state index contributed by atoms with van der Waals surface area (Å²) in [6, 6.07) is 0.431. The molecule has 3 heteroatoms. The van der Waals surface area contributed by atoms with E-state index >= 15 is 0 Å². The summed E-state index contributed by atoms with van der Waals surface area (Å²) in [6.45, 7) is 6.71. The van der Waals surface area contributed by atoms with Crippen molar-refractivity contribution in [2.75, 3.05) is 0 Å². The standard InChI is InChI=1S/C10H20N2.ClH/c1-10(2,3)8-6-4-5-7-9(11)12-8;/h8H,4-7H2,1-3H3,(H2,11,12);1H. The quantitative estimate of drug-likeness (QED) is 0.648. The third kappa shape index (κ3) is 3.99. The average Bonchev–Trinajstić information content (AvgIpc) is 2.11. The van der Waals surface area contributed by atoms with Gasteiger partial charge in [0.2, 0.25) is 0 Å². The summed E-state index contributed by atoms with van der Waals surface area (Å²) in [4.78, 5) is 4.54. The van der Waals surface area contributed by atoms with E-state index in [2.05, 4.69) is 25.8 Å². The first-order chi connectivity index (χ1) is 5.50. The van der Waals surface area contributed by atoms with Crippen molar-refractivity contribution in [1.29, 1.82) is 0 Å². The number of nitrogens with zero attached hydrogens (tertiary/aromatic N) is 1. The van der Waals surface area contributed by atoms with Gasteiger partial charge >= 0.3 is 0 Å². The summed E-state index contributed by atoms with van der Waals surface area (Å²) in [5, 5.41) is 0. The van der Waals surface area contributed by atoms with Crippen LogP contribution in [-0.2, 0) is 0 Å². The molecule has 0 aromatic carbocycles. The van der Waals surface area contributed by atoms with E-state index in [4.69, 9.17) is 5.73 Å². The maximum absolute atomic E-state index is 5.77. The third-order valence-corrected chi connectivity index (χ3v) is 2.48. The van der Waals surface area contributed by atoms with Gasteiger partial charge in [-0.05, 0) is 18.3 Å². The molecule has 0 bridgehead atoms. The summed E-state index contributed by atoms with van der Waals surface area (Å²) < 4.78 is 0. The second kappa shape index (κ2) is 4.85. The molecule has 2 N–H and O–H groups in total. The van der Waals surface area contributed by atoms with Crippen molar-refractivity contribution in [2.45, 2.75) is 52.5 Å². The number of halogens is 1. The number of hydrogen-bond donors (Lipinski definition) is 1. The fourth-order valence-electron chi connectivity index (χ4n) is 1.60. The molecule has 1 atom stereocenters. The number of amidine groups is 1. The summed E-state index contributed by atoms with van der Waals surface area (Å²) in [7, 11) is 0. The molecular formula is C10H21ClN2. The SMILES string of the molecule is CC(C)(C)C1CCCCC(N)=N1.Cl. The Morgan fingerprint density at radius 2 is 1.92 bits per heavy atom. The van der Waals surface area contributed by atoms with E-state index in [-0.39, 0.29) is 17.8 Å². The second-order valence-corrected chi connectivity index (χ2v) is 4.75. The van der Waals surface area contributed by atoms with Gasteiger partial charge in [-0.1, -0.05) is 27.2 Å². The number of aliphatic imine (C=N–C) groups is 1. The van der Waals surface area contributed by atoms with Gasteiger partial charge in [0, 0.05) is 6.42 Å². The van der Waals surface area contributed by atoms with Crippen LogP contribution in [0.25, 0.3) is 0 Å². The largest absolute Gasteiger partial charge is 0.387 e. The number of hydrogen-bond acceptors (Lipinski definition) is 2. The molecular weight excluding hydrogens is 184 g/mol. The Morgan fingerprint density at radius 3 is 2.46 bits per heavy atom. The van der Waals surface area contributed by atoms with E-state index in [9.17, 15) is 0 Å². The summed E-state index contributed by atoms with van der Waals surface area (Å²) in [5.74, 6) is 0.854. The first-order valence-electron chi connectivity index (χ1n) is 4.82. The van der Waals surface area contributed by atoms with Crippen LogP contribution >= 0.6 is 12.4 Å². The Bertz CT molecular complexity index is 182. The predicted octanol–water partition coefficient (Wildman–Crippen LogP) is 2.75. The maximum Gasteiger partial charge on any atom is 0.0940 e. The van der Waals surface area contributed by atoms with Gasteiger partial charge in [0.1, 0.15) is 0 Å². The molecule has 1 aliphatic rings. The zero-order valence-corrected chi connectivity index (χ0v) is 9.66. The highest BCUT2D eigenvalue weighted by molar-refractivity contribution is 5.85. The van der Waals surface area contributed by atoms with Crippen molar-refractivity contribution in [1.82, 2.24) is 0 Å². The van der Waals surface area contributed by atoms with Gasteiger partial charge in [0.25, 0.3) is 0 Å². The van der Waals surface area contributed by atoms with Gasteiger partial charge in [-0.3, -0.25) is 4.99 Å². The first kappa shape index (κ1) is 12.8. The molecule has 0 aromatic heterocycles. The van der Waals surface area contributed by atoms with Crippen LogP contribution in [0.4, 0.5) is 0 Å². The lowest BCUT2D eigenvalue weighted by atomic mass is 9.84. The molecule has 2 nitrogen and oxygen atoms in total. The molecule has 1 rings (SSSR count). The van der Waals surface area contributed by atoms with Crippen LogP contribution in [0.15, 0.2) is 4.99 Å². The predicted molar refractivity (Wildman–Crippen MR) is 60.6 cm³/mol. The van der Waals surface area contributed by atoms with Crippen LogP contribution < -0.4 is 5.73 Å². The van der Waals surface area contributed by atoms with E-state index in [1.807, 2.05) is 0 Å². The van der Waals surface area contributed by atoms with Crippen molar-refractivity contribution >= 4 is 18.2 Å². The molecule has 0 saturated heterocycles. The van der Waals surface area contributed by atoms with Gasteiger partial charge in [-0.15, -0.1) is 12.4 Å². The Hall–Kier alpha value is -0.240. The third-order valence-electron chi connectivity index (χ3n) is 2.48. The molecule has 1 unspecified atom stereocenters. The second-order valence-electron chi connectivity index (χ2n) is 4.75. The Kier molecular flexibility index (Phi) is 4.76. The number of nitrogens with two attached hydrogens (primary N) is 1. The summed E-state index contributed by atoms with van der Waals surface area (Å²) >= 11 is 0. The zero-order valence-electron chi connectivity index (χ0n) is 8.84. The zero-order chi connectivity index (χ0) is 9.19. The highest BCUT2D eigenvalue weighted by Gasteiger charge is 2.24. The van der Waals surface area contributed by atoms with E-state index in [0.717, 1.165) is 12.3 Å². The van der Waals surface area contributed by atoms with Crippen LogP contribution in [0, 0.1) is 5.41 Å². The van der Waals surface area contributed by atoms with Crippen molar-refractivity contribution in [3.8, 4) is 0 Å². The topological polar surface area (TPSA) is 38.4 Å². The molecule has 0 saturated carbocycles. The van der Waals surface area contributed by atoms with E-state index in [0.29, 0.717) is 6.04 Å². The minimum atomic E-state index is 0. The lowest BCUT2D eigenvalue weighted by molar-refractivity contribution is 0.306. The summed E-state index contributed by atoms with van der Waals surface area (Å²) in [6.07, 6.45) is 4.67. The van der Waals surface area contributed by atoms with Crippen LogP contribution in [0.1, 0.15) is 46.5 Å². The Labute approximate surface area is 87.4 Å². The first-order valence-corrected chi connectivity index (χ1v) is 4.82. The average molecular weight is 205 g/mol. The van der Waals surface area contributed by atoms with Crippen LogP contribution in [0.5, 0.6) is 0 Å². The van der Waals surface area contributed by atoms with Gasteiger partial charge in [-0.25, -0.2) is 0 Å². The van der Waals surface area contributed by atoms with Crippen molar-refractivity contribution in [3.63, 3.8) is 0 Å². The van der Waals surface area contributed by atoms with Gasteiger partial charge in [0.05, 0.1) is 11.9 Å². The highest BCUT2D eigenvalue weighted by atomic mass is 35.5. The molecule has 78 valence electrons. The lowest BCUT2D eigenvalue weighted by Crippen LogP contribution is -2.26. The van der Waals surface area contributed by atoms with Crippen LogP contribution in [0.2, 0.25) is 0 Å². The van der Waals surface area contributed by atoms with Crippen LogP contribution in [0.3, 0.4) is 0 Å². The highest BCUT2D eigenvalue weighted by Crippen LogP contribution is 2.28. The van der Waals surface area contributed by atoms with Crippen LogP contribution in [-0.4, -0.2) is 11.9 Å². The Morgan fingerprint density at radius 1 is 1.31 bits per heavy atom. The molecule has 0 radical (unpaired) electrons. The van der Waals surface area contributed by atoms with Gasteiger partial charge in [-0.2, -0.15) is 0 Å². The molecule has 13 heavy (non-hydrogen) atoms. The van der Waals surface area contributed by atoms with Crippen molar-refractivity contribution in [3.05, 3.63) is 0 Å². The fourth-order valence-corrected chi connectivity index (χ4v) is 1.60. The van der Waals surface area contributed by atoms with E-state index in [1.165, 1.54) is 19.3 Å². The van der Waals surface area contributed by atoms with E-state index in [1.54, 1.807) is 0 Å². The number of rotatable bonds is 0. The summed E-state index contributed by atoms with van der Waals surface area (Å²) in [5.41, 5.74) is 6.04. The molecule has 0 amide bonds. The smallest absolute Gasteiger partial charge is 0.0940 e. The minimum Gasteiger partial charge on any atom is -0.387 e. The van der Waals surface area contributed by atoms with E-state index < -0.39 is 0 Å². The molecule has 1 aliphatic heterocycles.